The number of esters is 2. The zero-order chi connectivity index (χ0) is 24.4. The van der Waals surface area contributed by atoms with E-state index < -0.39 is 29.7 Å². The minimum Gasteiger partial charge on any atom is -0.465 e. The molecule has 178 valence electrons. The number of ether oxygens (including phenoxy) is 2. The molecule has 0 bridgehead atoms. The van der Waals surface area contributed by atoms with Crippen LogP contribution >= 0.6 is 0 Å². The Morgan fingerprint density at radius 3 is 2.26 bits per heavy atom. The molecule has 4 rings (SSSR count). The van der Waals surface area contributed by atoms with Gasteiger partial charge in [0.1, 0.15) is 11.6 Å². The van der Waals surface area contributed by atoms with Crippen molar-refractivity contribution < 1.29 is 28.7 Å². The molecule has 2 aromatic rings. The summed E-state index contributed by atoms with van der Waals surface area (Å²) in [6, 6.07) is 4.01. The van der Waals surface area contributed by atoms with Gasteiger partial charge in [-0.2, -0.15) is 9.97 Å². The summed E-state index contributed by atoms with van der Waals surface area (Å²) >= 11 is 0. The Morgan fingerprint density at radius 1 is 1.06 bits per heavy atom. The zero-order valence-electron chi connectivity index (χ0n) is 18.7. The fourth-order valence-corrected chi connectivity index (χ4v) is 4.07. The molecule has 2 aliphatic rings. The van der Waals surface area contributed by atoms with E-state index in [9.17, 15) is 19.2 Å². The van der Waals surface area contributed by atoms with Gasteiger partial charge in [-0.05, 0) is 31.0 Å². The van der Waals surface area contributed by atoms with Crippen LogP contribution in [0.25, 0.3) is 0 Å². The predicted octanol–water partition coefficient (Wildman–Crippen LogP) is 1.30. The molecular formula is C22H24N6O6. The topological polar surface area (TPSA) is 166 Å². The van der Waals surface area contributed by atoms with Crippen LogP contribution in [0, 0.1) is 0 Å². The number of amides is 2. The number of nitrogens with two attached hydrogens (primary N) is 1. The minimum absolute atomic E-state index is 0.0422. The lowest BCUT2D eigenvalue weighted by Gasteiger charge is -2.27. The molecule has 2 amide bonds. The van der Waals surface area contributed by atoms with Crippen molar-refractivity contribution in [2.75, 3.05) is 48.6 Å². The minimum atomic E-state index is -0.972. The number of aromatic nitrogens is 2. The van der Waals surface area contributed by atoms with Crippen molar-refractivity contribution in [3.8, 4) is 0 Å². The predicted molar refractivity (Wildman–Crippen MR) is 122 cm³/mol. The summed E-state index contributed by atoms with van der Waals surface area (Å²) < 4.78 is 9.43. The summed E-state index contributed by atoms with van der Waals surface area (Å²) in [6.07, 6.45) is 1.85. The van der Waals surface area contributed by atoms with Crippen LogP contribution in [-0.2, 0) is 19.1 Å². The lowest BCUT2D eigenvalue weighted by molar-refractivity contribution is -0.123. The van der Waals surface area contributed by atoms with Crippen LogP contribution in [0.1, 0.15) is 51.5 Å². The Labute approximate surface area is 194 Å². The summed E-state index contributed by atoms with van der Waals surface area (Å²) in [4.78, 5) is 60.4. The van der Waals surface area contributed by atoms with Crippen LogP contribution in [0.4, 0.5) is 23.3 Å². The number of fused-ring (bicyclic) bond motifs is 1. The largest absolute Gasteiger partial charge is 0.465 e. The molecule has 0 spiro atoms. The first-order valence-corrected chi connectivity index (χ1v) is 10.7. The number of nitrogens with one attached hydrogen (secondary N) is 2. The Hall–Kier alpha value is -4.22. The first-order chi connectivity index (χ1) is 16.3. The van der Waals surface area contributed by atoms with Crippen molar-refractivity contribution in [3.63, 3.8) is 0 Å². The second-order valence-electron chi connectivity index (χ2n) is 7.94. The Balaban J connectivity index is 1.66. The molecule has 34 heavy (non-hydrogen) atoms. The number of carbonyl (C=O) groups is 4. The monoisotopic (exact) mass is 468 g/mol. The molecule has 1 atom stereocenters. The summed E-state index contributed by atoms with van der Waals surface area (Å²) in [6.45, 7) is 1.57. The number of carbonyl (C=O) groups excluding carboxylic acids is 4. The van der Waals surface area contributed by atoms with Gasteiger partial charge >= 0.3 is 11.9 Å². The van der Waals surface area contributed by atoms with E-state index in [1.807, 2.05) is 4.90 Å². The SMILES string of the molecule is COC(=O)c1cc(NC(=O)[C@H]2CC(=O)Nc3nc(N4CCCC4)nc(N)c32)cc(C(=O)OC)c1. The van der Waals surface area contributed by atoms with E-state index in [0.717, 1.165) is 25.9 Å². The van der Waals surface area contributed by atoms with Gasteiger partial charge in [0.05, 0.1) is 36.8 Å². The number of nitrogens with zero attached hydrogens (tertiary/aromatic N) is 3. The van der Waals surface area contributed by atoms with Crippen LogP contribution in [-0.4, -0.2) is 61.0 Å². The van der Waals surface area contributed by atoms with E-state index in [1.54, 1.807) is 0 Å². The Bertz CT molecular complexity index is 1140. The van der Waals surface area contributed by atoms with Gasteiger partial charge in [0.2, 0.25) is 17.8 Å². The van der Waals surface area contributed by atoms with Crippen molar-refractivity contribution in [3.05, 3.63) is 34.9 Å². The van der Waals surface area contributed by atoms with Gasteiger partial charge < -0.3 is 30.7 Å². The smallest absolute Gasteiger partial charge is 0.337 e. The zero-order valence-corrected chi connectivity index (χ0v) is 18.7. The van der Waals surface area contributed by atoms with Gasteiger partial charge in [0.25, 0.3) is 0 Å². The highest BCUT2D eigenvalue weighted by Gasteiger charge is 2.35. The van der Waals surface area contributed by atoms with E-state index in [0.29, 0.717) is 11.5 Å². The average molecular weight is 468 g/mol. The number of hydrogen-bond acceptors (Lipinski definition) is 10. The number of nitrogen functional groups attached to an aromatic ring is 1. The highest BCUT2D eigenvalue weighted by atomic mass is 16.5. The van der Waals surface area contributed by atoms with Gasteiger partial charge in [0, 0.05) is 25.2 Å². The van der Waals surface area contributed by atoms with Gasteiger partial charge in [-0.25, -0.2) is 9.59 Å². The molecule has 0 unspecified atom stereocenters. The molecule has 0 aliphatic carbocycles. The molecule has 2 aliphatic heterocycles. The van der Waals surface area contributed by atoms with Gasteiger partial charge in [-0.15, -0.1) is 0 Å². The van der Waals surface area contributed by atoms with Gasteiger partial charge in [0.15, 0.2) is 0 Å². The normalized spacial score (nSPS) is 16.9. The third-order valence-corrected chi connectivity index (χ3v) is 5.71. The Kier molecular flexibility index (Phi) is 6.30. The fraction of sp³-hybridized carbons (Fsp3) is 0.364. The van der Waals surface area contributed by atoms with Gasteiger partial charge in [-0.3, -0.25) is 9.59 Å². The molecule has 1 saturated heterocycles. The Morgan fingerprint density at radius 2 is 1.68 bits per heavy atom. The fourth-order valence-electron chi connectivity index (χ4n) is 4.07. The van der Waals surface area contributed by atoms with Crippen molar-refractivity contribution in [2.24, 2.45) is 0 Å². The van der Waals surface area contributed by atoms with Crippen molar-refractivity contribution in [1.29, 1.82) is 0 Å². The maximum atomic E-state index is 13.2. The number of hydrogen-bond donors (Lipinski definition) is 3. The third-order valence-electron chi connectivity index (χ3n) is 5.71. The van der Waals surface area contributed by atoms with Crippen LogP contribution in [0.15, 0.2) is 18.2 Å². The highest BCUT2D eigenvalue weighted by molar-refractivity contribution is 6.06. The van der Waals surface area contributed by atoms with Gasteiger partial charge in [-0.1, -0.05) is 0 Å². The van der Waals surface area contributed by atoms with E-state index >= 15 is 0 Å². The summed E-state index contributed by atoms with van der Waals surface area (Å²) in [5.74, 6) is -2.63. The molecule has 0 radical (unpaired) electrons. The number of methoxy groups -OCH3 is 2. The maximum Gasteiger partial charge on any atom is 0.337 e. The van der Waals surface area contributed by atoms with Crippen LogP contribution in [0.2, 0.25) is 0 Å². The number of rotatable bonds is 5. The van der Waals surface area contributed by atoms with Crippen molar-refractivity contribution in [1.82, 2.24) is 9.97 Å². The van der Waals surface area contributed by atoms with Crippen molar-refractivity contribution >= 4 is 47.0 Å². The summed E-state index contributed by atoms with van der Waals surface area (Å²) in [5.41, 5.74) is 6.76. The molecule has 12 nitrogen and oxygen atoms in total. The molecule has 1 aromatic carbocycles. The first kappa shape index (κ1) is 23.0. The molecule has 3 heterocycles. The van der Waals surface area contributed by atoms with E-state index in [1.165, 1.54) is 32.4 Å². The molecule has 1 aromatic heterocycles. The maximum absolute atomic E-state index is 13.2. The van der Waals surface area contributed by atoms with E-state index in [-0.39, 0.29) is 34.9 Å². The number of benzene rings is 1. The molecule has 0 saturated carbocycles. The summed E-state index contributed by atoms with van der Waals surface area (Å²) in [7, 11) is 2.39. The first-order valence-electron chi connectivity index (χ1n) is 10.7. The summed E-state index contributed by atoms with van der Waals surface area (Å²) in [5, 5.41) is 5.33. The van der Waals surface area contributed by atoms with Crippen LogP contribution in [0.3, 0.4) is 0 Å². The van der Waals surface area contributed by atoms with Crippen LogP contribution in [0.5, 0.6) is 0 Å². The second-order valence-corrected chi connectivity index (χ2v) is 7.94. The lowest BCUT2D eigenvalue weighted by atomic mass is 9.91. The second kappa shape index (κ2) is 9.33. The lowest BCUT2D eigenvalue weighted by Crippen LogP contribution is -2.33. The molecule has 12 heteroatoms. The standard InChI is InChI=1S/C22H24N6O6/c1-33-20(31)11-7-12(21(32)34-2)9-13(8-11)24-19(30)14-10-15(29)25-18-16(14)17(23)26-22(27-18)28-5-3-4-6-28/h7-9,14H,3-6,10H2,1-2H3,(H,24,30)(H3,23,25,26,27,29)/t14-/m0/s1. The van der Waals surface area contributed by atoms with Crippen molar-refractivity contribution in [2.45, 2.75) is 25.2 Å². The number of anilines is 4. The average Bonchev–Trinajstić information content (AvgIpc) is 3.37. The molecular weight excluding hydrogens is 444 g/mol. The highest BCUT2D eigenvalue weighted by Crippen LogP contribution is 2.37. The van der Waals surface area contributed by atoms with E-state index in [4.69, 9.17) is 15.2 Å². The molecule has 4 N–H and O–H groups in total. The molecule has 1 fully saturated rings. The van der Waals surface area contributed by atoms with Crippen LogP contribution < -0.4 is 21.3 Å². The quantitative estimate of drug-likeness (QED) is 0.544. The third kappa shape index (κ3) is 4.47. The van der Waals surface area contributed by atoms with E-state index in [2.05, 4.69) is 20.6 Å².